The molecule has 0 saturated heterocycles. The van der Waals surface area contributed by atoms with E-state index in [1.54, 1.807) is 12.3 Å². The monoisotopic (exact) mass is 410 g/mol. The number of amides is 1. The van der Waals surface area contributed by atoms with Gasteiger partial charge in [0.25, 0.3) is 0 Å². The van der Waals surface area contributed by atoms with E-state index in [4.69, 9.17) is 4.52 Å². The molecule has 3 rings (SSSR count). The minimum absolute atomic E-state index is 0.199. The Bertz CT molecular complexity index is 893. The van der Waals surface area contributed by atoms with E-state index in [-0.39, 0.29) is 11.8 Å². The van der Waals surface area contributed by atoms with Crippen molar-refractivity contribution in [3.63, 3.8) is 0 Å². The predicted molar refractivity (Wildman–Crippen MR) is 116 cm³/mol. The Morgan fingerprint density at radius 1 is 1.30 bits per heavy atom. The molecule has 1 aliphatic carbocycles. The first-order chi connectivity index (χ1) is 14.7. The van der Waals surface area contributed by atoms with Gasteiger partial charge in [-0.1, -0.05) is 36.8 Å². The second-order valence-electron chi connectivity index (χ2n) is 7.52. The number of hydrogen-bond acceptors (Lipinski definition) is 7. The first-order valence-corrected chi connectivity index (χ1v) is 10.7. The summed E-state index contributed by atoms with van der Waals surface area (Å²) in [6.45, 7) is 5.40. The van der Waals surface area contributed by atoms with E-state index in [0.717, 1.165) is 43.5 Å². The van der Waals surface area contributed by atoms with E-state index < -0.39 is 0 Å². The third-order valence-corrected chi connectivity index (χ3v) is 4.92. The number of anilines is 3. The molecule has 0 atom stereocenters. The topological polar surface area (TPSA) is 105 Å². The third-order valence-electron chi connectivity index (χ3n) is 4.92. The van der Waals surface area contributed by atoms with Gasteiger partial charge in [0.15, 0.2) is 0 Å². The number of aryl methyl sites for hydroxylation is 1. The van der Waals surface area contributed by atoms with Crippen LogP contribution in [0.25, 0.3) is 0 Å². The largest absolute Gasteiger partial charge is 0.369 e. The van der Waals surface area contributed by atoms with E-state index in [9.17, 15) is 4.79 Å². The normalized spacial score (nSPS) is 13.5. The molecule has 0 spiro atoms. The molecule has 0 bridgehead atoms. The van der Waals surface area contributed by atoms with Gasteiger partial charge in [0, 0.05) is 31.5 Å². The number of carbonyl (C=O) groups is 1. The zero-order valence-corrected chi connectivity index (χ0v) is 17.8. The molecule has 0 radical (unpaired) electrons. The maximum Gasteiger partial charge on any atom is 0.231 e. The van der Waals surface area contributed by atoms with Crippen LogP contribution in [0.15, 0.2) is 16.8 Å². The Labute approximate surface area is 177 Å². The van der Waals surface area contributed by atoms with Crippen molar-refractivity contribution in [3.05, 3.63) is 23.5 Å². The Morgan fingerprint density at radius 2 is 2.13 bits per heavy atom. The van der Waals surface area contributed by atoms with Crippen LogP contribution in [0.5, 0.6) is 0 Å². The molecular weight excluding hydrogens is 380 g/mol. The number of nitrogens with zero attached hydrogens (tertiary/aromatic N) is 3. The summed E-state index contributed by atoms with van der Waals surface area (Å²) in [4.78, 5) is 20.9. The summed E-state index contributed by atoms with van der Waals surface area (Å²) in [7, 11) is 0. The molecule has 2 heterocycles. The first-order valence-electron chi connectivity index (χ1n) is 10.7. The van der Waals surface area contributed by atoms with E-state index in [1.807, 2.05) is 6.92 Å². The Kier molecular flexibility index (Phi) is 8.07. The fourth-order valence-corrected chi connectivity index (χ4v) is 3.32. The average Bonchev–Trinajstić information content (AvgIpc) is 3.42. The molecule has 0 aromatic carbocycles. The summed E-state index contributed by atoms with van der Waals surface area (Å²) in [5.74, 6) is 8.33. The Morgan fingerprint density at radius 3 is 2.87 bits per heavy atom. The highest BCUT2D eigenvalue weighted by Crippen LogP contribution is 2.24. The summed E-state index contributed by atoms with van der Waals surface area (Å²) in [5.41, 5.74) is 1.53. The van der Waals surface area contributed by atoms with Crippen LogP contribution in [0, 0.1) is 24.7 Å². The zero-order valence-electron chi connectivity index (χ0n) is 17.8. The minimum Gasteiger partial charge on any atom is -0.369 e. The quantitative estimate of drug-likeness (QED) is 0.427. The standard InChI is InChI=1S/C22H30N6O2/c1-3-12-23-20-18(15-25-22(27-20)26-19-14-16(2)28-30-19)11-5-4-8-13-24-21(29)17-9-6-7-10-17/h14-15,17H,3-4,6-10,12-13H2,1-2H3,(H,24,29)(H2,23,25,26,27). The highest BCUT2D eigenvalue weighted by molar-refractivity contribution is 5.78. The molecule has 0 unspecified atom stereocenters. The van der Waals surface area contributed by atoms with Gasteiger partial charge in [0.1, 0.15) is 5.82 Å². The lowest BCUT2D eigenvalue weighted by Crippen LogP contribution is -2.29. The molecule has 1 fully saturated rings. The summed E-state index contributed by atoms with van der Waals surface area (Å²) < 4.78 is 5.15. The van der Waals surface area contributed by atoms with E-state index in [0.29, 0.717) is 30.6 Å². The van der Waals surface area contributed by atoms with Crippen molar-refractivity contribution < 1.29 is 9.32 Å². The van der Waals surface area contributed by atoms with Gasteiger partial charge in [-0.15, -0.1) is 0 Å². The number of rotatable bonds is 9. The SMILES string of the molecule is CCCNc1nc(Nc2cc(C)no2)ncc1C#CCCCNC(=O)C1CCCC1. The maximum atomic E-state index is 12.0. The summed E-state index contributed by atoms with van der Waals surface area (Å²) in [5, 5.41) is 13.2. The summed E-state index contributed by atoms with van der Waals surface area (Å²) in [6.07, 6.45) is 8.61. The molecule has 2 aromatic heterocycles. The number of aromatic nitrogens is 3. The summed E-state index contributed by atoms with van der Waals surface area (Å²) >= 11 is 0. The van der Waals surface area contributed by atoms with Gasteiger partial charge in [-0.05, 0) is 32.6 Å². The van der Waals surface area contributed by atoms with Crippen LogP contribution in [-0.2, 0) is 4.79 Å². The van der Waals surface area contributed by atoms with E-state index >= 15 is 0 Å². The van der Waals surface area contributed by atoms with Gasteiger partial charge in [-0.3, -0.25) is 10.1 Å². The van der Waals surface area contributed by atoms with Crippen molar-refractivity contribution in [3.8, 4) is 11.8 Å². The van der Waals surface area contributed by atoms with Crippen molar-refractivity contribution in [2.45, 2.75) is 58.8 Å². The molecule has 30 heavy (non-hydrogen) atoms. The van der Waals surface area contributed by atoms with Gasteiger partial charge in [0.05, 0.1) is 17.5 Å². The van der Waals surface area contributed by atoms with Crippen molar-refractivity contribution in [2.24, 2.45) is 5.92 Å². The fourth-order valence-electron chi connectivity index (χ4n) is 3.32. The molecule has 160 valence electrons. The minimum atomic E-state index is 0.199. The molecular formula is C22H30N6O2. The number of nitrogens with one attached hydrogen (secondary N) is 3. The van der Waals surface area contributed by atoms with Crippen LogP contribution < -0.4 is 16.0 Å². The van der Waals surface area contributed by atoms with Crippen molar-refractivity contribution >= 4 is 23.6 Å². The smallest absolute Gasteiger partial charge is 0.231 e. The summed E-state index contributed by atoms with van der Waals surface area (Å²) in [6, 6.07) is 1.78. The van der Waals surface area contributed by atoms with Gasteiger partial charge < -0.3 is 15.2 Å². The fraction of sp³-hybridized carbons (Fsp3) is 0.545. The third kappa shape index (κ3) is 6.48. The number of hydrogen-bond donors (Lipinski definition) is 3. The lowest BCUT2D eigenvalue weighted by molar-refractivity contribution is -0.124. The van der Waals surface area contributed by atoms with E-state index in [1.165, 1.54) is 12.8 Å². The molecule has 1 aliphatic rings. The van der Waals surface area contributed by atoms with Crippen LogP contribution in [0.2, 0.25) is 0 Å². The van der Waals surface area contributed by atoms with Crippen molar-refractivity contribution in [1.82, 2.24) is 20.4 Å². The Balaban J connectivity index is 1.53. The van der Waals surface area contributed by atoms with E-state index in [2.05, 4.69) is 49.8 Å². The second kappa shape index (κ2) is 11.2. The van der Waals surface area contributed by atoms with Gasteiger partial charge in [0.2, 0.25) is 17.7 Å². The highest BCUT2D eigenvalue weighted by Gasteiger charge is 2.21. The number of carbonyl (C=O) groups excluding carboxylic acids is 1. The van der Waals surface area contributed by atoms with Crippen LogP contribution in [0.4, 0.5) is 17.7 Å². The average molecular weight is 411 g/mol. The van der Waals surface area contributed by atoms with Crippen molar-refractivity contribution in [1.29, 1.82) is 0 Å². The molecule has 8 heteroatoms. The Hall–Kier alpha value is -3.08. The highest BCUT2D eigenvalue weighted by atomic mass is 16.5. The molecule has 3 N–H and O–H groups in total. The zero-order chi connectivity index (χ0) is 21.2. The maximum absolute atomic E-state index is 12.0. The van der Waals surface area contributed by atoms with Gasteiger partial charge in [-0.2, -0.15) is 4.98 Å². The first kappa shape index (κ1) is 21.6. The van der Waals surface area contributed by atoms with Gasteiger partial charge >= 0.3 is 0 Å². The molecule has 8 nitrogen and oxygen atoms in total. The lowest BCUT2D eigenvalue weighted by Gasteiger charge is -2.09. The lowest BCUT2D eigenvalue weighted by atomic mass is 10.1. The molecule has 0 aliphatic heterocycles. The van der Waals surface area contributed by atoms with Crippen LogP contribution in [0.1, 0.15) is 63.1 Å². The molecule has 2 aromatic rings. The molecule has 1 amide bonds. The molecule has 1 saturated carbocycles. The van der Waals surface area contributed by atoms with Crippen molar-refractivity contribution in [2.75, 3.05) is 23.7 Å². The number of unbranched alkanes of at least 4 members (excludes halogenated alkanes) is 1. The van der Waals surface area contributed by atoms with Crippen LogP contribution >= 0.6 is 0 Å². The predicted octanol–water partition coefficient (Wildman–Crippen LogP) is 3.78. The van der Waals surface area contributed by atoms with Gasteiger partial charge in [-0.25, -0.2) is 4.98 Å². The second-order valence-corrected chi connectivity index (χ2v) is 7.52. The van der Waals surface area contributed by atoms with Crippen LogP contribution in [-0.4, -0.2) is 34.1 Å². The van der Waals surface area contributed by atoms with Crippen LogP contribution in [0.3, 0.4) is 0 Å².